The summed E-state index contributed by atoms with van der Waals surface area (Å²) in [5.74, 6) is 0.818. The molecule has 0 saturated heterocycles. The minimum absolute atomic E-state index is 0.00570. The SMILES string of the molecule is CCOc1ccc(C(=O)N(C)Cc2ccccc2[N+](=O)[O-])cc1OCC. The Morgan fingerprint density at radius 3 is 2.38 bits per heavy atom. The summed E-state index contributed by atoms with van der Waals surface area (Å²) in [5.41, 5.74) is 0.899. The van der Waals surface area contributed by atoms with Gasteiger partial charge in [-0.2, -0.15) is 0 Å². The summed E-state index contributed by atoms with van der Waals surface area (Å²) in [4.78, 5) is 24.8. The lowest BCUT2D eigenvalue weighted by molar-refractivity contribution is -0.385. The molecule has 0 aromatic heterocycles. The van der Waals surface area contributed by atoms with Crippen LogP contribution in [0.4, 0.5) is 5.69 Å². The third kappa shape index (κ3) is 4.50. The van der Waals surface area contributed by atoms with Crippen LogP contribution in [0.2, 0.25) is 0 Å². The fourth-order valence-electron chi connectivity index (χ4n) is 2.55. The van der Waals surface area contributed by atoms with E-state index in [0.717, 1.165) is 0 Å². The molecule has 2 aromatic carbocycles. The molecular formula is C19H22N2O5. The first-order valence-corrected chi connectivity index (χ1v) is 8.35. The highest BCUT2D eigenvalue weighted by atomic mass is 16.6. The summed E-state index contributed by atoms with van der Waals surface area (Å²) in [6, 6.07) is 11.4. The molecule has 0 atom stereocenters. The standard InChI is InChI=1S/C19H22N2O5/c1-4-25-17-11-10-14(12-18(17)26-5-2)19(22)20(3)13-15-8-6-7-9-16(15)21(23)24/h6-12H,4-5,13H2,1-3H3. The first-order chi connectivity index (χ1) is 12.5. The van der Waals surface area contributed by atoms with Gasteiger partial charge in [-0.15, -0.1) is 0 Å². The van der Waals surface area contributed by atoms with Crippen LogP contribution < -0.4 is 9.47 Å². The van der Waals surface area contributed by atoms with Gasteiger partial charge in [-0.05, 0) is 32.0 Å². The van der Waals surface area contributed by atoms with Gasteiger partial charge >= 0.3 is 0 Å². The number of rotatable bonds is 8. The van der Waals surface area contributed by atoms with Crippen molar-refractivity contribution in [1.29, 1.82) is 0 Å². The monoisotopic (exact) mass is 358 g/mol. The van der Waals surface area contributed by atoms with Crippen LogP contribution in [0.3, 0.4) is 0 Å². The number of nitro benzene ring substituents is 1. The Balaban J connectivity index is 2.23. The molecule has 0 aliphatic rings. The van der Waals surface area contributed by atoms with E-state index >= 15 is 0 Å². The van der Waals surface area contributed by atoms with Gasteiger partial charge in [-0.25, -0.2) is 0 Å². The van der Waals surface area contributed by atoms with Gasteiger partial charge in [0.2, 0.25) is 0 Å². The van der Waals surface area contributed by atoms with Gasteiger partial charge in [0, 0.05) is 24.2 Å². The highest BCUT2D eigenvalue weighted by Crippen LogP contribution is 2.29. The second kappa shape index (κ2) is 8.84. The van der Waals surface area contributed by atoms with Crippen LogP contribution in [-0.2, 0) is 6.54 Å². The molecule has 2 rings (SSSR count). The molecule has 0 heterocycles. The molecule has 138 valence electrons. The van der Waals surface area contributed by atoms with Crippen molar-refractivity contribution in [1.82, 2.24) is 4.90 Å². The summed E-state index contributed by atoms with van der Waals surface area (Å²) in [6.45, 7) is 4.79. The molecule has 0 fully saturated rings. The van der Waals surface area contributed by atoms with Gasteiger partial charge in [0.25, 0.3) is 11.6 Å². The molecule has 0 N–H and O–H groups in total. The van der Waals surface area contributed by atoms with E-state index in [9.17, 15) is 14.9 Å². The van der Waals surface area contributed by atoms with E-state index in [1.165, 1.54) is 11.0 Å². The number of nitro groups is 1. The van der Waals surface area contributed by atoms with Gasteiger partial charge in [0.15, 0.2) is 11.5 Å². The van der Waals surface area contributed by atoms with Gasteiger partial charge in [0.1, 0.15) is 0 Å². The zero-order valence-electron chi connectivity index (χ0n) is 15.1. The van der Waals surface area contributed by atoms with Crippen LogP contribution in [0.25, 0.3) is 0 Å². The Kier molecular flexibility index (Phi) is 6.54. The number of nitrogens with zero attached hydrogens (tertiary/aromatic N) is 2. The highest BCUT2D eigenvalue weighted by Gasteiger charge is 2.19. The highest BCUT2D eigenvalue weighted by molar-refractivity contribution is 5.94. The number of hydrogen-bond acceptors (Lipinski definition) is 5. The summed E-state index contributed by atoms with van der Waals surface area (Å²) in [6.07, 6.45) is 0. The molecule has 0 saturated carbocycles. The molecule has 0 bridgehead atoms. The second-order valence-electron chi connectivity index (χ2n) is 5.57. The Morgan fingerprint density at radius 1 is 1.08 bits per heavy atom. The summed E-state index contributed by atoms with van der Waals surface area (Å²) in [5, 5.41) is 11.1. The summed E-state index contributed by atoms with van der Waals surface area (Å²) in [7, 11) is 1.61. The van der Waals surface area contributed by atoms with Crippen molar-refractivity contribution in [2.24, 2.45) is 0 Å². The van der Waals surface area contributed by atoms with Crippen molar-refractivity contribution >= 4 is 11.6 Å². The van der Waals surface area contributed by atoms with E-state index in [0.29, 0.717) is 35.8 Å². The molecule has 0 unspecified atom stereocenters. The smallest absolute Gasteiger partial charge is 0.274 e. The first kappa shape index (κ1) is 19.2. The van der Waals surface area contributed by atoms with Gasteiger partial charge in [0.05, 0.1) is 24.7 Å². The number of para-hydroxylation sites is 1. The zero-order chi connectivity index (χ0) is 19.1. The second-order valence-corrected chi connectivity index (χ2v) is 5.57. The number of carbonyl (C=O) groups excluding carboxylic acids is 1. The van der Waals surface area contributed by atoms with Crippen molar-refractivity contribution < 1.29 is 19.2 Å². The molecule has 0 radical (unpaired) electrons. The van der Waals surface area contributed by atoms with Crippen molar-refractivity contribution in [2.75, 3.05) is 20.3 Å². The Morgan fingerprint density at radius 2 is 1.73 bits per heavy atom. The van der Waals surface area contributed by atoms with Gasteiger partial charge in [-0.3, -0.25) is 14.9 Å². The molecular weight excluding hydrogens is 336 g/mol. The van der Waals surface area contributed by atoms with Crippen LogP contribution in [0.15, 0.2) is 42.5 Å². The lowest BCUT2D eigenvalue weighted by Gasteiger charge is -2.18. The largest absolute Gasteiger partial charge is 0.490 e. The normalized spacial score (nSPS) is 10.3. The van der Waals surface area contributed by atoms with Crippen molar-refractivity contribution in [3.8, 4) is 11.5 Å². The van der Waals surface area contributed by atoms with Crippen LogP contribution >= 0.6 is 0 Å². The fourth-order valence-corrected chi connectivity index (χ4v) is 2.55. The van der Waals surface area contributed by atoms with Gasteiger partial charge in [-0.1, -0.05) is 18.2 Å². The summed E-state index contributed by atoms with van der Waals surface area (Å²) >= 11 is 0. The first-order valence-electron chi connectivity index (χ1n) is 8.35. The van der Waals surface area contributed by atoms with Crippen LogP contribution in [0.5, 0.6) is 11.5 Å². The summed E-state index contributed by atoms with van der Waals surface area (Å²) < 4.78 is 11.0. The number of amides is 1. The predicted octanol–water partition coefficient (Wildman–Crippen LogP) is 3.66. The van der Waals surface area contributed by atoms with E-state index in [1.54, 1.807) is 43.4 Å². The maximum absolute atomic E-state index is 12.7. The van der Waals surface area contributed by atoms with Crippen molar-refractivity contribution in [2.45, 2.75) is 20.4 Å². The number of carbonyl (C=O) groups is 1. The molecule has 0 aliphatic carbocycles. The molecule has 1 amide bonds. The lowest BCUT2D eigenvalue weighted by atomic mass is 10.1. The third-order valence-electron chi connectivity index (χ3n) is 3.73. The average Bonchev–Trinajstić information content (AvgIpc) is 2.63. The van der Waals surface area contributed by atoms with E-state index in [-0.39, 0.29) is 18.1 Å². The Bertz CT molecular complexity index is 791. The predicted molar refractivity (Wildman–Crippen MR) is 97.7 cm³/mol. The average molecular weight is 358 g/mol. The van der Waals surface area contributed by atoms with Crippen molar-refractivity contribution in [3.05, 3.63) is 63.7 Å². The van der Waals surface area contributed by atoms with Crippen LogP contribution in [0.1, 0.15) is 29.8 Å². The van der Waals surface area contributed by atoms with E-state index in [4.69, 9.17) is 9.47 Å². The third-order valence-corrected chi connectivity index (χ3v) is 3.73. The molecule has 0 aliphatic heterocycles. The van der Waals surface area contributed by atoms with Gasteiger partial charge < -0.3 is 14.4 Å². The molecule has 7 nitrogen and oxygen atoms in total. The molecule has 7 heteroatoms. The van der Waals surface area contributed by atoms with E-state index in [1.807, 2.05) is 13.8 Å². The lowest BCUT2D eigenvalue weighted by Crippen LogP contribution is -2.26. The quantitative estimate of drug-likeness (QED) is 0.531. The maximum Gasteiger partial charge on any atom is 0.274 e. The maximum atomic E-state index is 12.7. The number of ether oxygens (including phenoxy) is 2. The Hall–Kier alpha value is -3.09. The Labute approximate surface area is 152 Å². The number of benzene rings is 2. The molecule has 0 spiro atoms. The topological polar surface area (TPSA) is 81.9 Å². The number of hydrogen-bond donors (Lipinski definition) is 0. The fraction of sp³-hybridized carbons (Fsp3) is 0.316. The van der Waals surface area contributed by atoms with E-state index in [2.05, 4.69) is 0 Å². The molecule has 26 heavy (non-hydrogen) atoms. The molecule has 2 aromatic rings. The van der Waals surface area contributed by atoms with E-state index < -0.39 is 4.92 Å². The minimum atomic E-state index is -0.447. The van der Waals surface area contributed by atoms with Crippen LogP contribution in [-0.4, -0.2) is 36.0 Å². The zero-order valence-corrected chi connectivity index (χ0v) is 15.1. The van der Waals surface area contributed by atoms with Crippen molar-refractivity contribution in [3.63, 3.8) is 0 Å². The van der Waals surface area contributed by atoms with Crippen LogP contribution in [0, 0.1) is 10.1 Å². The minimum Gasteiger partial charge on any atom is -0.490 e.